The van der Waals surface area contributed by atoms with Gasteiger partial charge >= 0.3 is 0 Å². The smallest absolute Gasteiger partial charge is 0.238 e. The third-order valence-corrected chi connectivity index (χ3v) is 4.78. The van der Waals surface area contributed by atoms with Crippen molar-refractivity contribution < 1.29 is 9.59 Å². The molecule has 1 aromatic carbocycles. The van der Waals surface area contributed by atoms with Crippen molar-refractivity contribution in [3.63, 3.8) is 0 Å². The fourth-order valence-electron chi connectivity index (χ4n) is 2.67. The average molecular weight is 387 g/mol. The van der Waals surface area contributed by atoms with Crippen LogP contribution in [-0.4, -0.2) is 67.4 Å². The molecular weight excluding hydrogens is 363 g/mol. The van der Waals surface area contributed by atoms with Gasteiger partial charge in [-0.25, -0.2) is 0 Å². The summed E-state index contributed by atoms with van der Waals surface area (Å²) < 4.78 is 0. The summed E-state index contributed by atoms with van der Waals surface area (Å²) in [6.07, 6.45) is 0.411. The van der Waals surface area contributed by atoms with E-state index < -0.39 is 0 Å². The number of nitrogens with one attached hydrogen (secondary N) is 2. The highest BCUT2D eigenvalue weighted by Crippen LogP contribution is 2.29. The van der Waals surface area contributed by atoms with E-state index in [-0.39, 0.29) is 18.4 Å². The molecule has 0 unspecified atom stereocenters. The lowest BCUT2D eigenvalue weighted by Gasteiger charge is -2.28. The van der Waals surface area contributed by atoms with Crippen LogP contribution in [0.1, 0.15) is 13.3 Å². The molecule has 0 aliphatic carbocycles. The summed E-state index contributed by atoms with van der Waals surface area (Å²) in [6.45, 7) is 6.54. The molecule has 1 aliphatic heterocycles. The first-order chi connectivity index (χ1) is 12.0. The summed E-state index contributed by atoms with van der Waals surface area (Å²) in [5.74, 6) is -0.0685. The second kappa shape index (κ2) is 9.97. The van der Waals surface area contributed by atoms with E-state index in [4.69, 9.17) is 23.2 Å². The molecule has 0 atom stereocenters. The van der Waals surface area contributed by atoms with E-state index >= 15 is 0 Å². The first-order valence-electron chi connectivity index (χ1n) is 8.46. The Morgan fingerprint density at radius 3 is 2.48 bits per heavy atom. The average Bonchev–Trinajstić information content (AvgIpc) is 2.62. The highest BCUT2D eigenvalue weighted by molar-refractivity contribution is 6.39. The lowest BCUT2D eigenvalue weighted by atomic mass is 10.2. The zero-order valence-corrected chi connectivity index (χ0v) is 15.9. The highest BCUT2D eigenvalue weighted by Gasteiger charge is 2.18. The number of piperazine rings is 1. The Morgan fingerprint density at radius 2 is 1.88 bits per heavy atom. The molecule has 2 amide bonds. The van der Waals surface area contributed by atoms with E-state index in [2.05, 4.69) is 10.6 Å². The maximum absolute atomic E-state index is 12.3. The molecule has 0 saturated carbocycles. The van der Waals surface area contributed by atoms with Crippen molar-refractivity contribution >= 4 is 40.7 Å². The first kappa shape index (κ1) is 20.0. The number of rotatable bonds is 7. The van der Waals surface area contributed by atoms with Crippen molar-refractivity contribution in [2.75, 3.05) is 51.1 Å². The van der Waals surface area contributed by atoms with Gasteiger partial charge in [0, 0.05) is 39.1 Å². The zero-order chi connectivity index (χ0) is 18.2. The van der Waals surface area contributed by atoms with Crippen molar-refractivity contribution in [3.8, 4) is 0 Å². The number of amides is 2. The molecule has 1 heterocycles. The third kappa shape index (κ3) is 6.15. The minimum atomic E-state index is -0.202. The maximum atomic E-state index is 12.3. The summed E-state index contributed by atoms with van der Waals surface area (Å²) in [5, 5.41) is 6.77. The monoisotopic (exact) mass is 386 g/mol. The molecule has 2 rings (SSSR count). The van der Waals surface area contributed by atoms with Crippen LogP contribution < -0.4 is 10.6 Å². The summed E-state index contributed by atoms with van der Waals surface area (Å²) >= 11 is 12.1. The number of carbonyl (C=O) groups is 2. The van der Waals surface area contributed by atoms with E-state index in [1.807, 2.05) is 16.7 Å². The van der Waals surface area contributed by atoms with E-state index in [0.717, 1.165) is 26.2 Å². The zero-order valence-electron chi connectivity index (χ0n) is 14.4. The topological polar surface area (TPSA) is 64.7 Å². The molecule has 1 fully saturated rings. The Bertz CT molecular complexity index is 586. The predicted octanol–water partition coefficient (Wildman–Crippen LogP) is 2.08. The molecule has 0 aromatic heterocycles. The predicted molar refractivity (Wildman–Crippen MR) is 101 cm³/mol. The number of carbonyl (C=O) groups excluding carboxylic acids is 2. The molecule has 25 heavy (non-hydrogen) atoms. The Labute approximate surface area is 158 Å². The second-order valence-corrected chi connectivity index (χ2v) is 6.71. The van der Waals surface area contributed by atoms with Gasteiger partial charge < -0.3 is 15.5 Å². The number of benzene rings is 1. The van der Waals surface area contributed by atoms with Gasteiger partial charge in [0.1, 0.15) is 0 Å². The largest absolute Gasteiger partial charge is 0.340 e. The van der Waals surface area contributed by atoms with Gasteiger partial charge in [-0.1, -0.05) is 36.2 Å². The number of hydrogen-bond acceptors (Lipinski definition) is 4. The Balaban J connectivity index is 1.82. The SMILES string of the molecule is CCN(CCC(=O)N1CCNCC1)CC(=O)Nc1c(Cl)cccc1Cl. The lowest BCUT2D eigenvalue weighted by molar-refractivity contribution is -0.132. The molecule has 0 bridgehead atoms. The lowest BCUT2D eigenvalue weighted by Crippen LogP contribution is -2.47. The molecule has 0 radical (unpaired) electrons. The molecule has 2 N–H and O–H groups in total. The number of nitrogens with zero attached hydrogens (tertiary/aromatic N) is 2. The summed E-state index contributed by atoms with van der Waals surface area (Å²) in [5.41, 5.74) is 0.420. The quantitative estimate of drug-likeness (QED) is 0.752. The van der Waals surface area contributed by atoms with Gasteiger partial charge in [-0.05, 0) is 18.7 Å². The highest BCUT2D eigenvalue weighted by atomic mass is 35.5. The third-order valence-electron chi connectivity index (χ3n) is 4.15. The van der Waals surface area contributed by atoms with Crippen LogP contribution in [0.25, 0.3) is 0 Å². The Hall–Kier alpha value is -1.34. The molecule has 8 heteroatoms. The molecule has 6 nitrogen and oxygen atoms in total. The van der Waals surface area contributed by atoms with Crippen LogP contribution in [0.4, 0.5) is 5.69 Å². The summed E-state index contributed by atoms with van der Waals surface area (Å²) in [6, 6.07) is 5.07. The van der Waals surface area contributed by atoms with Crippen molar-refractivity contribution in [2.24, 2.45) is 0 Å². The number of likely N-dealkylation sites (N-methyl/N-ethyl adjacent to an activating group) is 1. The minimum absolute atomic E-state index is 0.134. The van der Waals surface area contributed by atoms with Crippen LogP contribution >= 0.6 is 23.2 Å². The molecular formula is C17H24Cl2N4O2. The van der Waals surface area contributed by atoms with Gasteiger partial charge in [-0.15, -0.1) is 0 Å². The van der Waals surface area contributed by atoms with Gasteiger partial charge in [-0.3, -0.25) is 14.5 Å². The van der Waals surface area contributed by atoms with E-state index in [0.29, 0.717) is 35.2 Å². The van der Waals surface area contributed by atoms with E-state index in [1.54, 1.807) is 18.2 Å². The summed E-state index contributed by atoms with van der Waals surface area (Å²) in [7, 11) is 0. The van der Waals surface area contributed by atoms with Gasteiger partial charge in [0.2, 0.25) is 11.8 Å². The number of para-hydroxylation sites is 1. The molecule has 1 aliphatic rings. The van der Waals surface area contributed by atoms with Crippen molar-refractivity contribution in [1.29, 1.82) is 0 Å². The van der Waals surface area contributed by atoms with Crippen LogP contribution in [0.2, 0.25) is 10.0 Å². The Morgan fingerprint density at radius 1 is 1.24 bits per heavy atom. The fraction of sp³-hybridized carbons (Fsp3) is 0.529. The second-order valence-electron chi connectivity index (χ2n) is 5.89. The van der Waals surface area contributed by atoms with Crippen LogP contribution in [-0.2, 0) is 9.59 Å². The molecule has 0 spiro atoms. The minimum Gasteiger partial charge on any atom is -0.340 e. The number of anilines is 1. The fourth-order valence-corrected chi connectivity index (χ4v) is 3.17. The molecule has 1 saturated heterocycles. The molecule has 1 aromatic rings. The van der Waals surface area contributed by atoms with Crippen LogP contribution in [0.3, 0.4) is 0 Å². The van der Waals surface area contributed by atoms with Crippen LogP contribution in [0.15, 0.2) is 18.2 Å². The maximum Gasteiger partial charge on any atom is 0.238 e. The van der Waals surface area contributed by atoms with Crippen molar-refractivity contribution in [2.45, 2.75) is 13.3 Å². The standard InChI is InChI=1S/C17H24Cl2N4O2/c1-2-22(9-6-16(25)23-10-7-20-8-11-23)12-15(24)21-17-13(18)4-3-5-14(17)19/h3-5,20H,2,6-12H2,1H3,(H,21,24). The first-order valence-corrected chi connectivity index (χ1v) is 9.21. The molecule has 138 valence electrons. The van der Waals surface area contributed by atoms with Crippen LogP contribution in [0, 0.1) is 0 Å². The van der Waals surface area contributed by atoms with Gasteiger partial charge in [0.15, 0.2) is 0 Å². The summed E-state index contributed by atoms with van der Waals surface area (Å²) in [4.78, 5) is 28.3. The van der Waals surface area contributed by atoms with Crippen molar-refractivity contribution in [1.82, 2.24) is 15.1 Å². The van der Waals surface area contributed by atoms with Crippen LogP contribution in [0.5, 0.6) is 0 Å². The number of hydrogen-bond donors (Lipinski definition) is 2. The van der Waals surface area contributed by atoms with Gasteiger partial charge in [0.05, 0.1) is 22.3 Å². The van der Waals surface area contributed by atoms with E-state index in [9.17, 15) is 9.59 Å². The Kier molecular flexibility index (Phi) is 7.96. The van der Waals surface area contributed by atoms with Crippen molar-refractivity contribution in [3.05, 3.63) is 28.2 Å². The van der Waals surface area contributed by atoms with E-state index in [1.165, 1.54) is 0 Å². The normalized spacial score (nSPS) is 14.6. The number of halogens is 2. The van der Waals surface area contributed by atoms with Gasteiger partial charge in [0.25, 0.3) is 0 Å². The van der Waals surface area contributed by atoms with Gasteiger partial charge in [-0.2, -0.15) is 0 Å².